The first kappa shape index (κ1) is 17.1. The Morgan fingerprint density at radius 3 is 2.57 bits per heavy atom. The number of rotatable bonds is 2. The Morgan fingerprint density at radius 1 is 1.35 bits per heavy atom. The molecular weight excluding hydrogens is 358 g/mol. The first-order chi connectivity index (χ1) is 10.6. The molecule has 4 N–H and O–H groups in total. The monoisotopic (exact) mass is 365 g/mol. The first-order valence-corrected chi connectivity index (χ1v) is 6.63. The number of nitrogens with one attached hydrogen (secondary N) is 2. The lowest BCUT2D eigenvalue weighted by Crippen LogP contribution is -2.35. The number of nitrogens with two attached hydrogens (primary N) is 1. The van der Waals surface area contributed by atoms with Crippen molar-refractivity contribution in [3.63, 3.8) is 0 Å². The Bertz CT molecular complexity index is 821. The minimum absolute atomic E-state index is 0.00542. The topological polar surface area (TPSA) is 98.9 Å². The van der Waals surface area contributed by atoms with Crippen molar-refractivity contribution in [1.82, 2.24) is 9.97 Å². The minimum Gasteiger partial charge on any atom is -0.369 e. The quantitative estimate of drug-likeness (QED) is 0.562. The maximum atomic E-state index is 12.8. The Kier molecular flexibility index (Phi) is 4.53. The molecule has 0 bridgehead atoms. The van der Waals surface area contributed by atoms with Gasteiger partial charge >= 0.3 is 6.18 Å². The molecule has 0 spiro atoms. The van der Waals surface area contributed by atoms with Crippen LogP contribution in [0.5, 0.6) is 0 Å². The Balaban J connectivity index is 2.69. The fraction of sp³-hybridized carbons (Fsp3) is 0.0833. The third kappa shape index (κ3) is 3.57. The summed E-state index contributed by atoms with van der Waals surface area (Å²) in [6, 6.07) is 4.54. The average molecular weight is 366 g/mol. The molecule has 6 nitrogen and oxygen atoms in total. The van der Waals surface area contributed by atoms with Crippen molar-refractivity contribution in [2.24, 2.45) is 5.73 Å². The van der Waals surface area contributed by atoms with E-state index in [0.29, 0.717) is 6.07 Å². The SMILES string of the molecule is N=C(N)N(c1nc(C(F)(F)F)cc(=O)[nH]1)c1cccc(Cl)c1Cl. The summed E-state index contributed by atoms with van der Waals surface area (Å²) in [5.74, 6) is -1.32. The molecule has 1 aromatic carbocycles. The van der Waals surface area contributed by atoms with Gasteiger partial charge in [-0.2, -0.15) is 13.2 Å². The van der Waals surface area contributed by atoms with E-state index in [4.69, 9.17) is 34.3 Å². The van der Waals surface area contributed by atoms with Crippen LogP contribution in [0.4, 0.5) is 24.8 Å². The third-order valence-corrected chi connectivity index (χ3v) is 3.45. The second kappa shape index (κ2) is 6.09. The predicted molar refractivity (Wildman–Crippen MR) is 80.4 cm³/mol. The van der Waals surface area contributed by atoms with Gasteiger partial charge in [0.1, 0.15) is 0 Å². The molecule has 23 heavy (non-hydrogen) atoms. The molecule has 0 unspecified atom stereocenters. The van der Waals surface area contributed by atoms with Crippen LogP contribution in [0.1, 0.15) is 5.69 Å². The maximum absolute atomic E-state index is 12.8. The molecule has 0 saturated heterocycles. The van der Waals surface area contributed by atoms with E-state index in [1.165, 1.54) is 18.2 Å². The fourth-order valence-corrected chi connectivity index (χ4v) is 2.10. The zero-order chi connectivity index (χ0) is 17.4. The van der Waals surface area contributed by atoms with E-state index < -0.39 is 29.3 Å². The molecule has 11 heteroatoms. The largest absolute Gasteiger partial charge is 0.433 e. The molecule has 122 valence electrons. The zero-order valence-electron chi connectivity index (χ0n) is 11.1. The molecule has 0 fully saturated rings. The molecule has 0 amide bonds. The molecule has 0 aliphatic rings. The van der Waals surface area contributed by atoms with Crippen molar-refractivity contribution < 1.29 is 13.2 Å². The highest BCUT2D eigenvalue weighted by Gasteiger charge is 2.34. The summed E-state index contributed by atoms with van der Waals surface area (Å²) >= 11 is 11.8. The molecule has 0 aliphatic carbocycles. The number of aromatic amines is 1. The summed E-state index contributed by atoms with van der Waals surface area (Å²) < 4.78 is 38.4. The molecular formula is C12H8Cl2F3N5O. The number of H-pyrrole nitrogens is 1. The standard InChI is InChI=1S/C12H8Cl2F3N5O/c13-5-2-1-3-6(9(5)14)22(10(18)19)11-20-7(12(15,16)17)4-8(23)21-11/h1-4H,(H3,18,19)(H,20,21,23). The zero-order valence-corrected chi connectivity index (χ0v) is 12.6. The number of benzene rings is 1. The normalized spacial score (nSPS) is 11.3. The number of halogens is 5. The molecule has 2 rings (SSSR count). The van der Waals surface area contributed by atoms with Crippen molar-refractivity contribution in [2.75, 3.05) is 4.90 Å². The Morgan fingerprint density at radius 2 is 2.00 bits per heavy atom. The van der Waals surface area contributed by atoms with Crippen molar-refractivity contribution in [1.29, 1.82) is 5.41 Å². The summed E-state index contributed by atoms with van der Waals surface area (Å²) in [5.41, 5.74) is 2.89. The molecule has 0 atom stereocenters. The lowest BCUT2D eigenvalue weighted by atomic mass is 10.3. The predicted octanol–water partition coefficient (Wildman–Crippen LogP) is 3.13. The third-order valence-electron chi connectivity index (χ3n) is 2.64. The van der Waals surface area contributed by atoms with Crippen molar-refractivity contribution >= 4 is 40.8 Å². The number of nitrogens with zero attached hydrogens (tertiary/aromatic N) is 2. The Hall–Kier alpha value is -2.26. The van der Waals surface area contributed by atoms with Gasteiger partial charge in [0.05, 0.1) is 15.7 Å². The number of alkyl halides is 3. The van der Waals surface area contributed by atoms with Gasteiger partial charge in [0.25, 0.3) is 5.56 Å². The molecule has 0 radical (unpaired) electrons. The van der Waals surface area contributed by atoms with Crippen LogP contribution in [0.25, 0.3) is 0 Å². The van der Waals surface area contributed by atoms with Crippen molar-refractivity contribution in [2.45, 2.75) is 6.18 Å². The van der Waals surface area contributed by atoms with E-state index in [2.05, 4.69) is 9.97 Å². The summed E-state index contributed by atoms with van der Waals surface area (Å²) in [5, 5.41) is 7.57. The van der Waals surface area contributed by atoms with Gasteiger partial charge in [-0.3, -0.25) is 15.2 Å². The summed E-state index contributed by atoms with van der Waals surface area (Å²) in [6.45, 7) is 0. The van der Waals surface area contributed by atoms with E-state index in [-0.39, 0.29) is 15.7 Å². The lowest BCUT2D eigenvalue weighted by molar-refractivity contribution is -0.141. The van der Waals surface area contributed by atoms with E-state index in [1.54, 1.807) is 0 Å². The van der Waals surface area contributed by atoms with Crippen LogP contribution in [-0.4, -0.2) is 15.9 Å². The van der Waals surface area contributed by atoms with E-state index in [0.717, 1.165) is 4.90 Å². The van der Waals surface area contributed by atoms with Crippen LogP contribution in [0.3, 0.4) is 0 Å². The molecule has 1 aromatic heterocycles. The second-order valence-corrected chi connectivity index (χ2v) is 5.03. The minimum atomic E-state index is -4.84. The fourth-order valence-electron chi connectivity index (χ4n) is 1.72. The van der Waals surface area contributed by atoms with Crippen LogP contribution in [-0.2, 0) is 6.18 Å². The number of guanidine groups is 1. The van der Waals surface area contributed by atoms with Gasteiger partial charge in [-0.25, -0.2) is 9.88 Å². The summed E-state index contributed by atoms with van der Waals surface area (Å²) in [4.78, 5) is 17.6. The summed E-state index contributed by atoms with van der Waals surface area (Å²) in [6.07, 6.45) is -4.84. The van der Waals surface area contributed by atoms with E-state index in [1.807, 2.05) is 0 Å². The van der Waals surface area contributed by atoms with Crippen LogP contribution < -0.4 is 16.2 Å². The average Bonchev–Trinajstić information content (AvgIpc) is 2.42. The summed E-state index contributed by atoms with van der Waals surface area (Å²) in [7, 11) is 0. The van der Waals surface area contributed by atoms with E-state index >= 15 is 0 Å². The van der Waals surface area contributed by atoms with Gasteiger partial charge in [0, 0.05) is 6.07 Å². The number of aromatic nitrogens is 2. The van der Waals surface area contributed by atoms with Crippen LogP contribution in [0.15, 0.2) is 29.1 Å². The number of anilines is 2. The highest BCUT2D eigenvalue weighted by atomic mass is 35.5. The van der Waals surface area contributed by atoms with Crippen molar-refractivity contribution in [3.8, 4) is 0 Å². The molecule has 2 aromatic rings. The molecule has 0 saturated carbocycles. The smallest absolute Gasteiger partial charge is 0.369 e. The van der Waals surface area contributed by atoms with Gasteiger partial charge in [0.2, 0.25) is 5.95 Å². The van der Waals surface area contributed by atoms with Crippen LogP contribution >= 0.6 is 23.2 Å². The van der Waals surface area contributed by atoms with Gasteiger partial charge in [-0.15, -0.1) is 0 Å². The van der Waals surface area contributed by atoms with Gasteiger partial charge < -0.3 is 5.73 Å². The van der Waals surface area contributed by atoms with Gasteiger partial charge in [0.15, 0.2) is 11.7 Å². The molecule has 1 heterocycles. The highest BCUT2D eigenvalue weighted by molar-refractivity contribution is 6.44. The maximum Gasteiger partial charge on any atom is 0.433 e. The first-order valence-electron chi connectivity index (χ1n) is 5.88. The molecule has 0 aliphatic heterocycles. The van der Waals surface area contributed by atoms with Crippen LogP contribution in [0, 0.1) is 5.41 Å². The van der Waals surface area contributed by atoms with Gasteiger partial charge in [-0.05, 0) is 12.1 Å². The lowest BCUT2D eigenvalue weighted by Gasteiger charge is -2.23. The highest BCUT2D eigenvalue weighted by Crippen LogP contribution is 2.35. The Labute approximate surface area is 137 Å². The van der Waals surface area contributed by atoms with E-state index in [9.17, 15) is 18.0 Å². The second-order valence-electron chi connectivity index (χ2n) is 4.25. The number of hydrogen-bond donors (Lipinski definition) is 3. The number of hydrogen-bond acceptors (Lipinski definition) is 3. The van der Waals surface area contributed by atoms with Crippen molar-refractivity contribution in [3.05, 3.63) is 50.4 Å². The van der Waals surface area contributed by atoms with Gasteiger partial charge in [-0.1, -0.05) is 29.3 Å². The van der Waals surface area contributed by atoms with Crippen LogP contribution in [0.2, 0.25) is 10.0 Å².